The van der Waals surface area contributed by atoms with E-state index in [0.29, 0.717) is 24.4 Å². The van der Waals surface area contributed by atoms with Crippen LogP contribution in [0.3, 0.4) is 0 Å². The van der Waals surface area contributed by atoms with Gasteiger partial charge >= 0.3 is 5.97 Å². The summed E-state index contributed by atoms with van der Waals surface area (Å²) in [4.78, 5) is 12.1. The van der Waals surface area contributed by atoms with Gasteiger partial charge in [0.1, 0.15) is 11.5 Å². The molecule has 0 aromatic heterocycles. The van der Waals surface area contributed by atoms with Gasteiger partial charge in [0.25, 0.3) is 0 Å². The molecule has 0 fully saturated rings. The van der Waals surface area contributed by atoms with E-state index >= 15 is 0 Å². The fourth-order valence-corrected chi connectivity index (χ4v) is 2.49. The monoisotopic (exact) mass is 332 g/mol. The minimum Gasteiger partial charge on any atom is -0.462 e. The Balaban J connectivity index is 2.33. The van der Waals surface area contributed by atoms with Gasteiger partial charge in [-0.05, 0) is 25.5 Å². The van der Waals surface area contributed by atoms with Gasteiger partial charge in [0.05, 0.1) is 12.2 Å². The van der Waals surface area contributed by atoms with Crippen LogP contribution >= 0.6 is 0 Å². The van der Waals surface area contributed by atoms with E-state index in [4.69, 9.17) is 9.47 Å². The predicted molar refractivity (Wildman–Crippen MR) is 99.0 cm³/mol. The molecule has 1 aromatic carbocycles. The van der Waals surface area contributed by atoms with E-state index in [1.165, 1.54) is 32.1 Å². The molecule has 0 aliphatic heterocycles. The summed E-state index contributed by atoms with van der Waals surface area (Å²) in [5, 5.41) is 0. The van der Waals surface area contributed by atoms with Crippen molar-refractivity contribution in [2.75, 3.05) is 6.61 Å². The summed E-state index contributed by atoms with van der Waals surface area (Å²) in [6, 6.07) is 9.53. The highest BCUT2D eigenvalue weighted by molar-refractivity contribution is 5.88. The van der Waals surface area contributed by atoms with Crippen LogP contribution < -0.4 is 4.74 Å². The maximum absolute atomic E-state index is 12.1. The van der Waals surface area contributed by atoms with Crippen LogP contribution in [0, 0.1) is 0 Å². The summed E-state index contributed by atoms with van der Waals surface area (Å²) in [5.41, 5.74) is 0.560. The van der Waals surface area contributed by atoms with E-state index in [0.717, 1.165) is 18.6 Å². The molecule has 3 heteroatoms. The van der Waals surface area contributed by atoms with E-state index in [-0.39, 0.29) is 5.97 Å². The van der Waals surface area contributed by atoms with E-state index in [9.17, 15) is 4.79 Å². The van der Waals surface area contributed by atoms with Gasteiger partial charge < -0.3 is 9.47 Å². The Bertz CT molecular complexity index is 491. The third-order valence-electron chi connectivity index (χ3n) is 4.01. The minimum atomic E-state index is -0.270. The number of rotatable bonds is 12. The number of benzene rings is 1. The van der Waals surface area contributed by atoms with Crippen molar-refractivity contribution in [1.82, 2.24) is 0 Å². The lowest BCUT2D eigenvalue weighted by atomic mass is 10.1. The van der Waals surface area contributed by atoms with Gasteiger partial charge in [0, 0.05) is 6.42 Å². The second kappa shape index (κ2) is 12.6. The molecule has 0 saturated carbocycles. The van der Waals surface area contributed by atoms with Crippen LogP contribution in [0.1, 0.15) is 72.1 Å². The molecular weight excluding hydrogens is 300 g/mol. The van der Waals surface area contributed by atoms with Crippen LogP contribution in [0.15, 0.2) is 41.7 Å². The molecule has 1 aromatic rings. The molecule has 0 aliphatic rings. The van der Waals surface area contributed by atoms with E-state index in [1.807, 2.05) is 37.3 Å². The van der Waals surface area contributed by atoms with E-state index in [1.54, 1.807) is 6.92 Å². The Morgan fingerprint density at radius 1 is 0.917 bits per heavy atom. The molecule has 0 aliphatic carbocycles. The molecule has 0 saturated heterocycles. The smallest absolute Gasteiger partial charge is 0.337 e. The van der Waals surface area contributed by atoms with Crippen molar-refractivity contribution in [1.29, 1.82) is 0 Å². The first-order chi connectivity index (χ1) is 11.7. The number of hydrogen-bond donors (Lipinski definition) is 0. The molecule has 0 amide bonds. The second-order valence-corrected chi connectivity index (χ2v) is 6.07. The number of carbonyl (C=O) groups excluding carboxylic acids is 1. The van der Waals surface area contributed by atoms with Crippen molar-refractivity contribution in [2.45, 2.75) is 72.1 Å². The molecule has 0 heterocycles. The first-order valence-corrected chi connectivity index (χ1v) is 9.28. The summed E-state index contributed by atoms with van der Waals surface area (Å²) in [6.45, 7) is 6.47. The molecular formula is C21H32O3. The van der Waals surface area contributed by atoms with Crippen LogP contribution in [0.4, 0.5) is 0 Å². The summed E-state index contributed by atoms with van der Waals surface area (Å²) < 4.78 is 11.2. The maximum atomic E-state index is 12.1. The molecule has 0 unspecified atom stereocenters. The molecule has 0 spiro atoms. The Kier molecular flexibility index (Phi) is 10.7. The van der Waals surface area contributed by atoms with Gasteiger partial charge in [-0.25, -0.2) is 4.79 Å². The third-order valence-corrected chi connectivity index (χ3v) is 4.01. The summed E-state index contributed by atoms with van der Waals surface area (Å²) in [5.74, 6) is 1.15. The molecule has 3 nitrogen and oxygen atoms in total. The predicted octanol–water partition coefficient (Wildman–Crippen LogP) is 6.04. The Labute approximate surface area is 147 Å². The summed E-state index contributed by atoms with van der Waals surface area (Å²) in [6.07, 6.45) is 9.14. The van der Waals surface area contributed by atoms with Crippen LogP contribution in [-0.2, 0) is 9.53 Å². The number of esters is 1. The Morgan fingerprint density at radius 3 is 2.17 bits per heavy atom. The molecule has 0 N–H and O–H groups in total. The normalized spacial score (nSPS) is 11.8. The zero-order chi connectivity index (χ0) is 17.6. The minimum absolute atomic E-state index is 0.270. The van der Waals surface area contributed by atoms with Gasteiger partial charge in [-0.1, -0.05) is 70.6 Å². The van der Waals surface area contributed by atoms with Crippen molar-refractivity contribution in [2.24, 2.45) is 0 Å². The molecule has 24 heavy (non-hydrogen) atoms. The van der Waals surface area contributed by atoms with E-state index < -0.39 is 0 Å². The van der Waals surface area contributed by atoms with Crippen LogP contribution in [0.2, 0.25) is 0 Å². The topological polar surface area (TPSA) is 35.5 Å². The standard InChI is InChI=1S/C21H32O3/c1-4-6-7-8-9-10-14-17-23-21(22)18(3)20(5-2)24-19-15-12-11-13-16-19/h11-13,15-16H,4-10,14,17H2,1-3H3. The van der Waals surface area contributed by atoms with Gasteiger partial charge in [-0.2, -0.15) is 0 Å². The average molecular weight is 332 g/mol. The fourth-order valence-electron chi connectivity index (χ4n) is 2.49. The van der Waals surface area contributed by atoms with Crippen LogP contribution in [-0.4, -0.2) is 12.6 Å². The van der Waals surface area contributed by atoms with Gasteiger partial charge in [-0.3, -0.25) is 0 Å². The lowest BCUT2D eigenvalue weighted by Crippen LogP contribution is -2.11. The maximum Gasteiger partial charge on any atom is 0.337 e. The average Bonchev–Trinajstić information content (AvgIpc) is 2.62. The van der Waals surface area contributed by atoms with Gasteiger partial charge in [-0.15, -0.1) is 0 Å². The van der Waals surface area contributed by atoms with Crippen molar-refractivity contribution < 1.29 is 14.3 Å². The quantitative estimate of drug-likeness (QED) is 0.202. The molecule has 0 atom stereocenters. The van der Waals surface area contributed by atoms with Crippen molar-refractivity contribution in [3.63, 3.8) is 0 Å². The lowest BCUT2D eigenvalue weighted by Gasteiger charge is -2.12. The van der Waals surface area contributed by atoms with Crippen molar-refractivity contribution in [3.05, 3.63) is 41.7 Å². The molecule has 134 valence electrons. The van der Waals surface area contributed by atoms with Crippen molar-refractivity contribution in [3.8, 4) is 5.75 Å². The Hall–Kier alpha value is -1.77. The second-order valence-electron chi connectivity index (χ2n) is 6.07. The number of ether oxygens (including phenoxy) is 2. The number of hydrogen-bond acceptors (Lipinski definition) is 3. The van der Waals surface area contributed by atoms with Gasteiger partial charge in [0.2, 0.25) is 0 Å². The Morgan fingerprint density at radius 2 is 1.54 bits per heavy atom. The highest BCUT2D eigenvalue weighted by Gasteiger charge is 2.13. The SMILES string of the molecule is CCCCCCCCCOC(=O)C(C)=C(CC)Oc1ccccc1. The lowest BCUT2D eigenvalue weighted by molar-refractivity contribution is -0.139. The largest absolute Gasteiger partial charge is 0.462 e. The first-order valence-electron chi connectivity index (χ1n) is 9.28. The van der Waals surface area contributed by atoms with Gasteiger partial charge in [0.15, 0.2) is 0 Å². The third kappa shape index (κ3) is 8.19. The molecule has 1 rings (SSSR count). The van der Waals surface area contributed by atoms with Crippen molar-refractivity contribution >= 4 is 5.97 Å². The fraction of sp³-hybridized carbons (Fsp3) is 0.571. The summed E-state index contributed by atoms with van der Waals surface area (Å²) in [7, 11) is 0. The zero-order valence-electron chi connectivity index (χ0n) is 15.5. The highest BCUT2D eigenvalue weighted by atomic mass is 16.5. The molecule has 0 bridgehead atoms. The number of unbranched alkanes of at least 4 members (excludes halogenated alkanes) is 6. The number of carbonyl (C=O) groups is 1. The van der Waals surface area contributed by atoms with Crippen LogP contribution in [0.25, 0.3) is 0 Å². The van der Waals surface area contributed by atoms with E-state index in [2.05, 4.69) is 6.92 Å². The first kappa shape index (κ1) is 20.3. The summed E-state index contributed by atoms with van der Waals surface area (Å²) >= 11 is 0. The number of allylic oxidation sites excluding steroid dienone is 1. The zero-order valence-corrected chi connectivity index (χ0v) is 15.5. The van der Waals surface area contributed by atoms with Crippen LogP contribution in [0.5, 0.6) is 5.75 Å². The highest BCUT2D eigenvalue weighted by Crippen LogP contribution is 2.18. The number of para-hydroxylation sites is 1. The molecule has 0 radical (unpaired) electrons.